The van der Waals surface area contributed by atoms with Crippen LogP contribution < -0.4 is 10.7 Å². The highest BCUT2D eigenvalue weighted by Crippen LogP contribution is 2.40. The van der Waals surface area contributed by atoms with Crippen molar-refractivity contribution in [2.24, 2.45) is 5.10 Å². The molecular formula is C16H17Cl2N3O2S2. The van der Waals surface area contributed by atoms with Crippen molar-refractivity contribution in [3.05, 3.63) is 39.2 Å². The Kier molecular flexibility index (Phi) is 7.46. The Morgan fingerprint density at radius 1 is 1.36 bits per heavy atom. The molecule has 1 aromatic carbocycles. The van der Waals surface area contributed by atoms with E-state index in [1.54, 1.807) is 26.2 Å². The zero-order valence-corrected chi connectivity index (χ0v) is 16.7. The van der Waals surface area contributed by atoms with Crippen molar-refractivity contribution in [1.29, 1.82) is 0 Å². The monoisotopic (exact) mass is 417 g/mol. The minimum absolute atomic E-state index is 0.143. The molecule has 0 spiro atoms. The number of hydrogen-bond acceptors (Lipinski definition) is 5. The number of rotatable bonds is 6. The summed E-state index contributed by atoms with van der Waals surface area (Å²) in [6, 6.07) is 5.23. The van der Waals surface area contributed by atoms with E-state index in [2.05, 4.69) is 15.8 Å². The fraction of sp³-hybridized carbons (Fsp3) is 0.250. The highest BCUT2D eigenvalue weighted by atomic mass is 35.5. The maximum Gasteiger partial charge on any atom is 0.187 e. The van der Waals surface area contributed by atoms with Gasteiger partial charge in [0.2, 0.25) is 0 Å². The number of nitrogens with zero attached hydrogens (tertiary/aromatic N) is 1. The minimum Gasteiger partial charge on any atom is -0.506 e. The third kappa shape index (κ3) is 5.29. The molecule has 0 bridgehead atoms. The largest absolute Gasteiger partial charge is 0.506 e. The van der Waals surface area contributed by atoms with Crippen LogP contribution in [0.1, 0.15) is 12.5 Å². The number of thiophene rings is 1. The number of thiocarbonyl (C=S) groups is 1. The van der Waals surface area contributed by atoms with Crippen molar-refractivity contribution in [2.45, 2.75) is 6.92 Å². The number of hydrogen-bond donors (Lipinski definition) is 3. The first-order valence-electron chi connectivity index (χ1n) is 7.27. The third-order valence-corrected chi connectivity index (χ3v) is 5.25. The molecule has 0 saturated heterocycles. The Labute approximate surface area is 165 Å². The molecule has 134 valence electrons. The lowest BCUT2D eigenvalue weighted by Gasteiger charge is -2.07. The average molecular weight is 418 g/mol. The van der Waals surface area contributed by atoms with Gasteiger partial charge >= 0.3 is 0 Å². The number of hydrazone groups is 1. The molecular weight excluding hydrogens is 401 g/mol. The van der Waals surface area contributed by atoms with Gasteiger partial charge in [0, 0.05) is 19.0 Å². The summed E-state index contributed by atoms with van der Waals surface area (Å²) >= 11 is 18.5. The molecule has 5 nitrogen and oxygen atoms in total. The molecule has 0 amide bonds. The van der Waals surface area contributed by atoms with Gasteiger partial charge in [0.05, 0.1) is 32.8 Å². The van der Waals surface area contributed by atoms with Crippen molar-refractivity contribution in [1.82, 2.24) is 10.7 Å². The topological polar surface area (TPSA) is 65.9 Å². The fourth-order valence-electron chi connectivity index (χ4n) is 1.95. The van der Waals surface area contributed by atoms with Gasteiger partial charge in [-0.05, 0) is 36.8 Å². The molecule has 2 rings (SSSR count). The molecule has 0 aliphatic carbocycles. The second-order valence-corrected chi connectivity index (χ2v) is 7.12. The van der Waals surface area contributed by atoms with E-state index < -0.39 is 0 Å². The summed E-state index contributed by atoms with van der Waals surface area (Å²) < 4.78 is 4.93. The molecule has 0 saturated carbocycles. The van der Waals surface area contributed by atoms with Gasteiger partial charge in [-0.15, -0.1) is 11.3 Å². The highest BCUT2D eigenvalue weighted by Gasteiger charge is 2.15. The van der Waals surface area contributed by atoms with Gasteiger partial charge in [-0.3, -0.25) is 5.43 Å². The van der Waals surface area contributed by atoms with Gasteiger partial charge in [-0.2, -0.15) is 5.10 Å². The van der Waals surface area contributed by atoms with Crippen LogP contribution in [0.5, 0.6) is 5.75 Å². The van der Waals surface area contributed by atoms with Crippen molar-refractivity contribution in [2.75, 3.05) is 20.3 Å². The van der Waals surface area contributed by atoms with Gasteiger partial charge in [0.25, 0.3) is 0 Å². The summed E-state index contributed by atoms with van der Waals surface area (Å²) in [5, 5.41) is 20.8. The number of methoxy groups -OCH3 is 1. The van der Waals surface area contributed by atoms with Crippen molar-refractivity contribution >= 4 is 57.6 Å². The zero-order chi connectivity index (χ0) is 18.4. The van der Waals surface area contributed by atoms with Crippen molar-refractivity contribution < 1.29 is 9.84 Å². The van der Waals surface area contributed by atoms with Gasteiger partial charge in [-0.1, -0.05) is 29.3 Å². The summed E-state index contributed by atoms with van der Waals surface area (Å²) in [4.78, 5) is 0.698. The van der Waals surface area contributed by atoms with E-state index >= 15 is 0 Å². The highest BCUT2D eigenvalue weighted by molar-refractivity contribution is 7.80. The molecule has 9 heteroatoms. The molecule has 0 radical (unpaired) electrons. The van der Waals surface area contributed by atoms with E-state index in [1.165, 1.54) is 11.3 Å². The maximum atomic E-state index is 10.5. The first-order valence-corrected chi connectivity index (χ1v) is 9.31. The minimum atomic E-state index is 0.143. The lowest BCUT2D eigenvalue weighted by Crippen LogP contribution is -2.34. The predicted molar refractivity (Wildman–Crippen MR) is 109 cm³/mol. The van der Waals surface area contributed by atoms with Crippen LogP contribution in [-0.4, -0.2) is 36.2 Å². The van der Waals surface area contributed by atoms with Crippen LogP contribution in [0.15, 0.2) is 28.7 Å². The maximum absolute atomic E-state index is 10.5. The molecule has 2 aromatic rings. The second kappa shape index (κ2) is 9.35. The Bertz CT molecular complexity index is 794. The van der Waals surface area contributed by atoms with E-state index in [4.69, 9.17) is 40.2 Å². The standard InChI is InChI=1S/C16H17Cl2N3O2S2/c1-9(20-21-16(24)19-5-6-23-2)11-8-25-15(14(11)22)10-3-4-12(17)13(18)7-10/h3-4,7-8,22H,5-6H2,1-2H3,(H2,19,21,24)/b20-9-. The molecule has 0 unspecified atom stereocenters. The molecule has 0 aliphatic heterocycles. The molecule has 25 heavy (non-hydrogen) atoms. The van der Waals surface area contributed by atoms with E-state index in [9.17, 15) is 5.11 Å². The first-order chi connectivity index (χ1) is 11.9. The van der Waals surface area contributed by atoms with Crippen molar-refractivity contribution in [3.63, 3.8) is 0 Å². The van der Waals surface area contributed by atoms with E-state index in [-0.39, 0.29) is 5.75 Å². The van der Waals surface area contributed by atoms with Crippen LogP contribution in [0.4, 0.5) is 0 Å². The fourth-order valence-corrected chi connectivity index (χ4v) is 3.40. The van der Waals surface area contributed by atoms with Gasteiger partial charge < -0.3 is 15.2 Å². The van der Waals surface area contributed by atoms with Crippen LogP contribution in [0.25, 0.3) is 10.4 Å². The first kappa shape index (κ1) is 19.9. The summed E-state index contributed by atoms with van der Waals surface area (Å²) in [7, 11) is 1.62. The Morgan fingerprint density at radius 2 is 2.12 bits per heavy atom. The molecule has 3 N–H and O–H groups in total. The van der Waals surface area contributed by atoms with Crippen LogP contribution in [0.2, 0.25) is 10.0 Å². The number of nitrogens with one attached hydrogen (secondary N) is 2. The van der Waals surface area contributed by atoms with E-state index in [1.807, 2.05) is 11.4 Å². The molecule has 1 heterocycles. The van der Waals surface area contributed by atoms with Crippen LogP contribution in [0, 0.1) is 0 Å². The van der Waals surface area contributed by atoms with Crippen LogP contribution in [0.3, 0.4) is 0 Å². The number of benzene rings is 1. The lowest BCUT2D eigenvalue weighted by atomic mass is 10.1. The van der Waals surface area contributed by atoms with Crippen LogP contribution >= 0.6 is 46.8 Å². The van der Waals surface area contributed by atoms with E-state index in [0.29, 0.717) is 44.5 Å². The van der Waals surface area contributed by atoms with Gasteiger partial charge in [-0.25, -0.2) is 0 Å². The third-order valence-electron chi connectivity index (χ3n) is 3.25. The number of ether oxygens (including phenoxy) is 1. The molecule has 0 atom stereocenters. The average Bonchev–Trinajstić information content (AvgIpc) is 2.97. The molecule has 1 aromatic heterocycles. The van der Waals surface area contributed by atoms with Gasteiger partial charge in [0.1, 0.15) is 5.75 Å². The molecule has 0 aliphatic rings. The Hall–Kier alpha value is -1.38. The SMILES string of the molecule is COCCNC(=S)N/N=C(/C)c1csc(-c2ccc(Cl)c(Cl)c2)c1O. The predicted octanol–water partition coefficient (Wildman–Crippen LogP) is 4.26. The normalized spacial score (nSPS) is 11.4. The quantitative estimate of drug-likeness (QED) is 0.283. The summed E-state index contributed by atoms with van der Waals surface area (Å²) in [5.74, 6) is 0.143. The summed E-state index contributed by atoms with van der Waals surface area (Å²) in [6.45, 7) is 2.91. The molecule has 0 fully saturated rings. The summed E-state index contributed by atoms with van der Waals surface area (Å²) in [5.41, 5.74) is 4.76. The summed E-state index contributed by atoms with van der Waals surface area (Å²) in [6.07, 6.45) is 0. The smallest absolute Gasteiger partial charge is 0.187 e. The lowest BCUT2D eigenvalue weighted by molar-refractivity contribution is 0.204. The zero-order valence-electron chi connectivity index (χ0n) is 13.6. The number of aromatic hydroxyl groups is 1. The second-order valence-electron chi connectivity index (χ2n) is 5.01. The Morgan fingerprint density at radius 3 is 2.80 bits per heavy atom. The number of halogens is 2. The Balaban J connectivity index is 2.12. The van der Waals surface area contributed by atoms with Crippen LogP contribution in [-0.2, 0) is 4.74 Å². The van der Waals surface area contributed by atoms with Crippen molar-refractivity contribution in [3.8, 4) is 16.2 Å². The van der Waals surface area contributed by atoms with E-state index in [0.717, 1.165) is 5.56 Å². The van der Waals surface area contributed by atoms with Gasteiger partial charge in [0.15, 0.2) is 5.11 Å².